The van der Waals surface area contributed by atoms with E-state index in [0.29, 0.717) is 52.7 Å². The SMILES string of the molecule is C.C.C.C.C.C.C.C.CC(C)c1nc(-c2cccc3ccccc23)cs1.CC(C)c1nc(-c2ccccc2)c(-c2ccccc2)s1.CC(C)c1nc(C(=O)c2ccc(F)cc2)cs1.CC(C)c1nc(C(c2ccccc2)c2ccccc2)co1.CC(C)c1nc(C(c2ccccc2)c2ccccc2)cs1.CC(C)c1nc2c(s1)CCc1ccccc1-2.Cc1sc(C(C)C)nc1-c1ccccc1. The first-order valence-corrected chi connectivity index (χ1v) is 49.1. The number of benzene rings is 11. The molecule has 714 valence electrons. The van der Waals surface area contributed by atoms with Crippen molar-refractivity contribution in [1.82, 2.24) is 34.9 Å². The van der Waals surface area contributed by atoms with E-state index in [4.69, 9.17) is 34.3 Å². The maximum absolute atomic E-state index is 12.7. The van der Waals surface area contributed by atoms with Crippen molar-refractivity contribution in [1.29, 1.82) is 0 Å². The van der Waals surface area contributed by atoms with Crippen LogP contribution in [0.3, 0.4) is 0 Å². The van der Waals surface area contributed by atoms with Crippen LogP contribution in [-0.4, -0.2) is 40.7 Å². The summed E-state index contributed by atoms with van der Waals surface area (Å²) < 4.78 is 18.4. The van der Waals surface area contributed by atoms with Gasteiger partial charge in [-0.3, -0.25) is 4.79 Å². The Labute approximate surface area is 838 Å². The van der Waals surface area contributed by atoms with Gasteiger partial charge in [-0.05, 0) is 88.2 Å². The van der Waals surface area contributed by atoms with Crippen molar-refractivity contribution in [2.45, 2.75) is 229 Å². The van der Waals surface area contributed by atoms with Crippen LogP contribution in [0.1, 0.15) is 311 Å². The zero-order valence-corrected chi connectivity index (χ0v) is 80.5. The number of aryl methyl sites for hydroxylation is 3. The molecule has 0 aliphatic heterocycles. The van der Waals surface area contributed by atoms with Crippen LogP contribution in [0.5, 0.6) is 0 Å². The van der Waals surface area contributed by atoms with E-state index >= 15 is 0 Å². The summed E-state index contributed by atoms with van der Waals surface area (Å²) in [5, 5.41) is 15.7. The Morgan fingerprint density at radius 2 is 0.728 bits per heavy atom. The molecule has 7 heterocycles. The van der Waals surface area contributed by atoms with E-state index in [1.807, 2.05) is 49.4 Å². The number of halogens is 1. The Kier molecular flexibility index (Phi) is 47.3. The van der Waals surface area contributed by atoms with Crippen LogP contribution in [0.25, 0.3) is 66.2 Å². The van der Waals surface area contributed by atoms with Crippen molar-refractivity contribution in [3.05, 3.63) is 428 Å². The topological polar surface area (TPSA) is 120 Å². The number of nitrogens with zero attached hydrogens (tertiary/aromatic N) is 7. The van der Waals surface area contributed by atoms with E-state index in [1.165, 1.54) is 154 Å². The molecule has 11 aromatic carbocycles. The first-order valence-electron chi connectivity index (χ1n) is 44.1. The fourth-order valence-electron chi connectivity index (χ4n) is 14.5. The molecule has 18 aromatic rings. The summed E-state index contributed by atoms with van der Waals surface area (Å²) in [6.45, 7) is 32.4. The molecule has 0 fully saturated rings. The molecule has 9 nitrogen and oxygen atoms in total. The molecule has 0 saturated carbocycles. The summed E-state index contributed by atoms with van der Waals surface area (Å²) in [6.07, 6.45) is 4.12. The van der Waals surface area contributed by atoms with Gasteiger partial charge in [0.25, 0.3) is 0 Å². The van der Waals surface area contributed by atoms with Crippen LogP contribution in [0, 0.1) is 12.7 Å². The van der Waals surface area contributed by atoms with Gasteiger partial charge in [0.05, 0.1) is 80.9 Å². The lowest BCUT2D eigenvalue weighted by molar-refractivity contribution is 0.103. The van der Waals surface area contributed by atoms with Crippen molar-refractivity contribution >= 4 is 84.6 Å². The van der Waals surface area contributed by atoms with Crippen molar-refractivity contribution in [2.24, 2.45) is 0 Å². The predicted octanol–water partition coefficient (Wildman–Crippen LogP) is 38.1. The van der Waals surface area contributed by atoms with E-state index < -0.39 is 0 Å². The second-order valence-electron chi connectivity index (χ2n) is 33.6. The first-order chi connectivity index (χ1) is 62.0. The summed E-state index contributed by atoms with van der Waals surface area (Å²) in [7, 11) is 0. The largest absolute Gasteiger partial charge is 0.448 e. The van der Waals surface area contributed by atoms with E-state index in [1.54, 1.807) is 57.0 Å². The number of hydrogen-bond donors (Lipinski definition) is 0. The second-order valence-corrected chi connectivity index (χ2v) is 39.6. The van der Waals surface area contributed by atoms with Crippen LogP contribution in [0.4, 0.5) is 4.39 Å². The number of hydrogen-bond acceptors (Lipinski definition) is 15. The first kappa shape index (κ1) is 115. The summed E-state index contributed by atoms with van der Waals surface area (Å²) in [5.74, 6) is 3.74. The van der Waals surface area contributed by atoms with E-state index in [0.717, 1.165) is 45.8 Å². The third-order valence-electron chi connectivity index (χ3n) is 21.3. The van der Waals surface area contributed by atoms with E-state index in [9.17, 15) is 9.18 Å². The van der Waals surface area contributed by atoms with Crippen molar-refractivity contribution in [3.63, 3.8) is 0 Å². The monoisotopic (exact) mass is 1930 g/mol. The Morgan fingerprint density at radius 1 is 0.331 bits per heavy atom. The highest BCUT2D eigenvalue weighted by Crippen LogP contribution is 2.43. The van der Waals surface area contributed by atoms with Gasteiger partial charge in [0.2, 0.25) is 5.78 Å². The highest BCUT2D eigenvalue weighted by atomic mass is 32.1. The van der Waals surface area contributed by atoms with Crippen molar-refractivity contribution < 1.29 is 13.6 Å². The van der Waals surface area contributed by atoms with Gasteiger partial charge >= 0.3 is 0 Å². The molecule has 0 spiro atoms. The number of carbonyl (C=O) groups excluding carboxylic acids is 1. The number of carbonyl (C=O) groups is 1. The molecule has 0 amide bonds. The highest BCUT2D eigenvalue weighted by molar-refractivity contribution is 7.16. The quantitative estimate of drug-likeness (QED) is 0.0729. The predicted molar refractivity (Wildman–Crippen MR) is 596 cm³/mol. The van der Waals surface area contributed by atoms with Crippen molar-refractivity contribution in [2.75, 3.05) is 0 Å². The molecule has 0 saturated heterocycles. The molecule has 0 atom stereocenters. The zero-order valence-electron chi connectivity index (χ0n) is 75.6. The number of aromatic nitrogens is 7. The van der Waals surface area contributed by atoms with Crippen LogP contribution in [0.15, 0.2) is 330 Å². The molecule has 16 heteroatoms. The van der Waals surface area contributed by atoms with E-state index in [2.05, 4.69) is 361 Å². The number of fused-ring (bicyclic) bond motifs is 4. The molecule has 1 aliphatic carbocycles. The van der Waals surface area contributed by atoms with Crippen molar-refractivity contribution in [3.8, 4) is 55.5 Å². The van der Waals surface area contributed by atoms with Crippen LogP contribution >= 0.6 is 68.0 Å². The number of rotatable bonds is 19. The van der Waals surface area contributed by atoms with Gasteiger partial charge in [0.15, 0.2) is 5.89 Å². The Balaban J connectivity index is 0.000000278. The number of thiazole rings is 6. The molecule has 7 aromatic heterocycles. The molecular weight excluding hydrogens is 1780 g/mol. The molecular formula is C120H144FN7O2S6. The fraction of sp³-hybridized carbons (Fsp3) is 0.283. The third-order valence-corrected chi connectivity index (χ3v) is 28.8. The minimum Gasteiger partial charge on any atom is -0.448 e. The Hall–Kier alpha value is -11.7. The minimum atomic E-state index is -0.345. The highest BCUT2D eigenvalue weighted by Gasteiger charge is 2.26. The van der Waals surface area contributed by atoms with Crippen LogP contribution in [-0.2, 0) is 12.8 Å². The van der Waals surface area contributed by atoms with Crippen LogP contribution < -0.4 is 0 Å². The molecule has 19 rings (SSSR count). The lowest BCUT2D eigenvalue weighted by Crippen LogP contribution is -2.04. The van der Waals surface area contributed by atoms with Gasteiger partial charge in [-0.1, -0.05) is 435 Å². The average molecular weight is 1930 g/mol. The van der Waals surface area contributed by atoms with Gasteiger partial charge < -0.3 is 4.42 Å². The lowest BCUT2D eigenvalue weighted by atomic mass is 9.89. The van der Waals surface area contributed by atoms with Crippen LogP contribution in [0.2, 0.25) is 0 Å². The zero-order chi connectivity index (χ0) is 90.2. The Morgan fingerprint density at radius 3 is 1.21 bits per heavy atom. The van der Waals surface area contributed by atoms with E-state index in [-0.39, 0.29) is 82.8 Å². The van der Waals surface area contributed by atoms with Gasteiger partial charge in [-0.15, -0.1) is 68.0 Å². The maximum atomic E-state index is 12.7. The van der Waals surface area contributed by atoms with Gasteiger partial charge in [-0.25, -0.2) is 39.3 Å². The molecule has 0 radical (unpaired) electrons. The van der Waals surface area contributed by atoms with Gasteiger partial charge in [0, 0.05) is 95.1 Å². The lowest BCUT2D eigenvalue weighted by Gasteiger charge is -2.16. The second kappa shape index (κ2) is 56.1. The fourth-order valence-corrected chi connectivity index (χ4v) is 20.1. The Bertz CT molecular complexity index is 6170. The summed E-state index contributed by atoms with van der Waals surface area (Å²) in [5.41, 5.74) is 20.4. The molecule has 0 N–H and O–H groups in total. The smallest absolute Gasteiger partial charge is 0.212 e. The molecule has 0 bridgehead atoms. The summed E-state index contributed by atoms with van der Waals surface area (Å²) in [4.78, 5) is 49.1. The van der Waals surface area contributed by atoms with Gasteiger partial charge in [-0.2, -0.15) is 0 Å². The number of oxazole rings is 1. The maximum Gasteiger partial charge on any atom is 0.212 e. The standard InChI is InChI=1S/C19H19NO.C19H19NS.C18H17NS.C16H15NS.C14H15NS.C13H12FNOS.C13H15NS.8CH4/c2*1-14(2)19-20-17(13-21-19)18(15-9-5-3-6-10-15)16-11-7-4-8-12-16;1-13(2)18-19-16(14-9-5-3-6-10-14)17(20-18)15-11-7-4-8-12-15;1-11(2)16-17-15(10-18-16)14-9-5-7-12-6-3-4-8-13(12)14;1-9(2)14-15-13-11-6-4-3-5-10(11)7-8-12(13)16-14;1-8(2)13-15-11(7-17-13)12(16)9-3-5-10(14)6-4-9;1-9(2)13-14-12(10(3)15-13)11-7-5-4-6-8-11;;;;;;;;/h2*3-14,18H,1-2H3;3-13H,1-2H3;3-11H,1-2H3;3-6,9H,7-8H2,1-2H3;3-8H,1-2H3;4-9H,1-3H3;8*1H4. The van der Waals surface area contributed by atoms with Gasteiger partial charge in [0.1, 0.15) is 17.8 Å². The molecule has 0 unspecified atom stereocenters. The average Bonchev–Trinajstić information content (AvgIpc) is 1.61. The molecule has 1 aliphatic rings. The summed E-state index contributed by atoms with van der Waals surface area (Å²) in [6, 6.07) is 103. The normalized spacial score (nSPS) is 10.7. The summed E-state index contributed by atoms with van der Waals surface area (Å²) >= 11 is 10.5. The third kappa shape index (κ3) is 30.4. The molecule has 136 heavy (non-hydrogen) atoms. The number of ketones is 1. The minimum absolute atomic E-state index is 0.